The van der Waals surface area contributed by atoms with Crippen molar-refractivity contribution in [1.82, 2.24) is 9.97 Å². The zero-order valence-electron chi connectivity index (χ0n) is 16.5. The van der Waals surface area contributed by atoms with Crippen LogP contribution in [0.15, 0.2) is 60.8 Å². The molecule has 1 N–H and O–H groups in total. The van der Waals surface area contributed by atoms with Crippen LogP contribution in [0, 0.1) is 12.7 Å². The molecule has 1 unspecified atom stereocenters. The molecule has 0 aliphatic rings. The van der Waals surface area contributed by atoms with Gasteiger partial charge in [-0.1, -0.05) is 18.2 Å². The fraction of sp³-hybridized carbons (Fsp3) is 0.167. The lowest BCUT2D eigenvalue weighted by Gasteiger charge is -2.16. The van der Waals surface area contributed by atoms with Gasteiger partial charge >= 0.3 is 0 Å². The Kier molecular flexibility index (Phi) is 4.99. The second-order valence-electron chi connectivity index (χ2n) is 7.08. The van der Waals surface area contributed by atoms with Gasteiger partial charge in [-0.15, -0.1) is 0 Å². The van der Waals surface area contributed by atoms with Gasteiger partial charge in [0.25, 0.3) is 0 Å². The number of rotatable bonds is 4. The van der Waals surface area contributed by atoms with Gasteiger partial charge < -0.3 is 9.84 Å². The molecule has 146 valence electrons. The van der Waals surface area contributed by atoms with Gasteiger partial charge in [0.1, 0.15) is 5.82 Å². The summed E-state index contributed by atoms with van der Waals surface area (Å²) < 4.78 is 18.8. The van der Waals surface area contributed by atoms with E-state index in [2.05, 4.69) is 4.98 Å². The lowest BCUT2D eigenvalue weighted by molar-refractivity contribution is 0.201. The van der Waals surface area contributed by atoms with E-state index >= 15 is 0 Å². The van der Waals surface area contributed by atoms with E-state index in [0.717, 1.165) is 44.4 Å². The number of aromatic nitrogens is 2. The van der Waals surface area contributed by atoms with Crippen LogP contribution in [0.25, 0.3) is 33.3 Å². The highest BCUT2D eigenvalue weighted by atomic mass is 19.1. The molecule has 5 heteroatoms. The number of methoxy groups -OCH3 is 1. The van der Waals surface area contributed by atoms with E-state index in [4.69, 9.17) is 9.72 Å². The Balaban J connectivity index is 2.06. The standard InChI is InChI=1S/C24H21FN2O2/c1-14-10-19(15(2)28)21-13-20(16-4-6-18(25)7-5-16)24(27-22(21)11-14)17-8-9-26-23(12-17)29-3/h4-13,15,28H,1-3H3. The molecule has 29 heavy (non-hydrogen) atoms. The molecule has 0 aliphatic heterocycles. The van der Waals surface area contributed by atoms with Gasteiger partial charge in [0.05, 0.1) is 24.4 Å². The molecule has 2 heterocycles. The number of aliphatic hydroxyl groups excluding tert-OH is 1. The average molecular weight is 388 g/mol. The third-order valence-corrected chi connectivity index (χ3v) is 4.93. The quantitative estimate of drug-likeness (QED) is 0.503. The predicted molar refractivity (Wildman–Crippen MR) is 112 cm³/mol. The minimum atomic E-state index is -0.632. The van der Waals surface area contributed by atoms with Crippen molar-refractivity contribution in [3.63, 3.8) is 0 Å². The molecule has 4 aromatic rings. The van der Waals surface area contributed by atoms with Crippen LogP contribution >= 0.6 is 0 Å². The molecule has 0 radical (unpaired) electrons. The van der Waals surface area contributed by atoms with Crippen molar-refractivity contribution in [1.29, 1.82) is 0 Å². The number of benzene rings is 2. The van der Waals surface area contributed by atoms with Crippen molar-refractivity contribution in [2.75, 3.05) is 7.11 Å². The van der Waals surface area contributed by atoms with Crippen molar-refractivity contribution >= 4 is 10.9 Å². The number of hydrogen-bond donors (Lipinski definition) is 1. The number of nitrogens with zero attached hydrogens (tertiary/aromatic N) is 2. The summed E-state index contributed by atoms with van der Waals surface area (Å²) in [6.07, 6.45) is 1.04. The Morgan fingerprint density at radius 1 is 1.00 bits per heavy atom. The molecule has 2 aromatic heterocycles. The van der Waals surface area contributed by atoms with Gasteiger partial charge in [-0.3, -0.25) is 0 Å². The van der Waals surface area contributed by atoms with Gasteiger partial charge in [0.2, 0.25) is 5.88 Å². The third-order valence-electron chi connectivity index (χ3n) is 4.93. The zero-order chi connectivity index (χ0) is 20.5. The van der Waals surface area contributed by atoms with Crippen LogP contribution in [0.2, 0.25) is 0 Å². The Morgan fingerprint density at radius 2 is 1.76 bits per heavy atom. The SMILES string of the molecule is COc1cc(-c2nc3cc(C)cc(C(C)O)c3cc2-c2ccc(F)cc2)ccn1. The number of fused-ring (bicyclic) bond motifs is 1. The average Bonchev–Trinajstić information content (AvgIpc) is 2.72. The van der Waals surface area contributed by atoms with Gasteiger partial charge in [-0.05, 0) is 60.9 Å². The molecule has 0 saturated carbocycles. The summed E-state index contributed by atoms with van der Waals surface area (Å²) in [6, 6.07) is 16.0. The Hall–Kier alpha value is -3.31. The largest absolute Gasteiger partial charge is 0.481 e. The minimum absolute atomic E-state index is 0.296. The van der Waals surface area contributed by atoms with Crippen molar-refractivity contribution < 1.29 is 14.2 Å². The first kappa shape index (κ1) is 19.0. The second-order valence-corrected chi connectivity index (χ2v) is 7.08. The van der Waals surface area contributed by atoms with E-state index in [0.29, 0.717) is 5.88 Å². The van der Waals surface area contributed by atoms with Crippen molar-refractivity contribution in [2.45, 2.75) is 20.0 Å². The highest BCUT2D eigenvalue weighted by Gasteiger charge is 2.16. The van der Waals surface area contributed by atoms with Crippen molar-refractivity contribution in [3.05, 3.63) is 77.7 Å². The highest BCUT2D eigenvalue weighted by molar-refractivity contribution is 5.93. The van der Waals surface area contributed by atoms with Crippen LogP contribution < -0.4 is 4.74 Å². The van der Waals surface area contributed by atoms with Crippen molar-refractivity contribution in [2.24, 2.45) is 0 Å². The van der Waals surface area contributed by atoms with Gasteiger partial charge in [0, 0.05) is 28.8 Å². The van der Waals surface area contributed by atoms with Crippen LogP contribution in [0.1, 0.15) is 24.2 Å². The fourth-order valence-electron chi connectivity index (χ4n) is 3.53. The second kappa shape index (κ2) is 7.60. The highest BCUT2D eigenvalue weighted by Crippen LogP contribution is 2.36. The Bertz CT molecular complexity index is 1190. The normalized spacial score (nSPS) is 12.2. The Labute approximate surface area is 168 Å². The minimum Gasteiger partial charge on any atom is -0.481 e. The molecule has 4 rings (SSSR count). The number of aliphatic hydroxyl groups is 1. The summed E-state index contributed by atoms with van der Waals surface area (Å²) in [7, 11) is 1.57. The number of hydrogen-bond acceptors (Lipinski definition) is 4. The van der Waals surface area contributed by atoms with Gasteiger partial charge in [-0.2, -0.15) is 0 Å². The lowest BCUT2D eigenvalue weighted by Crippen LogP contribution is -1.98. The van der Waals surface area contributed by atoms with Crippen LogP contribution in [0.4, 0.5) is 4.39 Å². The summed E-state index contributed by atoms with van der Waals surface area (Å²) in [4.78, 5) is 9.11. The molecule has 0 aliphatic carbocycles. The maximum atomic E-state index is 13.5. The molecular formula is C24H21FN2O2. The van der Waals surface area contributed by atoms with E-state index in [1.54, 1.807) is 32.4 Å². The molecule has 0 spiro atoms. The van der Waals surface area contributed by atoms with Crippen molar-refractivity contribution in [3.8, 4) is 28.3 Å². The van der Waals surface area contributed by atoms with Crippen LogP contribution in [0.3, 0.4) is 0 Å². The predicted octanol–water partition coefficient (Wildman–Crippen LogP) is 5.47. The first-order valence-corrected chi connectivity index (χ1v) is 9.36. The van der Waals surface area contributed by atoms with Crippen LogP contribution in [-0.2, 0) is 0 Å². The number of aryl methyl sites for hydroxylation is 1. The fourth-order valence-corrected chi connectivity index (χ4v) is 3.53. The van der Waals surface area contributed by atoms with E-state index in [1.165, 1.54) is 12.1 Å². The number of pyridine rings is 2. The van der Waals surface area contributed by atoms with E-state index in [1.807, 2.05) is 37.3 Å². The van der Waals surface area contributed by atoms with E-state index in [9.17, 15) is 9.50 Å². The maximum Gasteiger partial charge on any atom is 0.213 e. The molecule has 0 amide bonds. The van der Waals surface area contributed by atoms with Crippen LogP contribution in [-0.4, -0.2) is 22.2 Å². The topological polar surface area (TPSA) is 55.2 Å². The molecule has 0 saturated heterocycles. The summed E-state index contributed by atoms with van der Waals surface area (Å²) in [6.45, 7) is 3.73. The first-order chi connectivity index (χ1) is 14.0. The van der Waals surface area contributed by atoms with Gasteiger partial charge in [0.15, 0.2) is 0 Å². The monoisotopic (exact) mass is 388 g/mol. The van der Waals surface area contributed by atoms with Gasteiger partial charge in [-0.25, -0.2) is 14.4 Å². The third kappa shape index (κ3) is 3.69. The van der Waals surface area contributed by atoms with E-state index in [-0.39, 0.29) is 5.82 Å². The molecule has 0 fully saturated rings. The summed E-state index contributed by atoms with van der Waals surface area (Å²) in [5.74, 6) is 0.193. The summed E-state index contributed by atoms with van der Waals surface area (Å²) in [5, 5.41) is 11.2. The molecule has 2 aromatic carbocycles. The zero-order valence-corrected chi connectivity index (χ0v) is 16.5. The molecular weight excluding hydrogens is 367 g/mol. The Morgan fingerprint density at radius 3 is 2.45 bits per heavy atom. The lowest BCUT2D eigenvalue weighted by atomic mass is 9.94. The summed E-state index contributed by atoms with van der Waals surface area (Å²) >= 11 is 0. The van der Waals surface area contributed by atoms with Crippen LogP contribution in [0.5, 0.6) is 5.88 Å². The van der Waals surface area contributed by atoms with E-state index < -0.39 is 6.10 Å². The molecule has 4 nitrogen and oxygen atoms in total. The summed E-state index contributed by atoms with van der Waals surface area (Å²) in [5.41, 5.74) is 5.89. The number of halogens is 1. The molecule has 1 atom stereocenters. The smallest absolute Gasteiger partial charge is 0.213 e. The first-order valence-electron chi connectivity index (χ1n) is 9.36. The molecule has 0 bridgehead atoms. The number of ether oxygens (including phenoxy) is 1. The maximum absolute atomic E-state index is 13.5.